The van der Waals surface area contributed by atoms with Crippen molar-refractivity contribution in [3.05, 3.63) is 56.6 Å². The Morgan fingerprint density at radius 1 is 0.842 bits per heavy atom. The van der Waals surface area contributed by atoms with E-state index in [1.54, 1.807) is 0 Å². The van der Waals surface area contributed by atoms with Gasteiger partial charge in [0.15, 0.2) is 0 Å². The number of hydrogen-bond donors (Lipinski definition) is 2. The van der Waals surface area contributed by atoms with Gasteiger partial charge < -0.3 is 19.0 Å². The summed E-state index contributed by atoms with van der Waals surface area (Å²) in [7, 11) is 0. The van der Waals surface area contributed by atoms with Crippen LogP contribution in [0.3, 0.4) is 0 Å². The molecular weight excluding hydrogens is 310 g/mol. The van der Waals surface area contributed by atoms with Gasteiger partial charge in [0.1, 0.15) is 11.5 Å². The van der Waals surface area contributed by atoms with Gasteiger partial charge in [0.25, 0.3) is 0 Å². The molecule has 2 rings (SSSR count). The van der Waals surface area contributed by atoms with Crippen molar-refractivity contribution in [2.24, 2.45) is 0 Å². The van der Waals surface area contributed by atoms with E-state index in [4.69, 9.17) is 10.2 Å². The van der Waals surface area contributed by atoms with Crippen LogP contribution in [0, 0.1) is 13.8 Å². The van der Waals surface area contributed by atoms with Crippen molar-refractivity contribution in [1.29, 1.82) is 0 Å². The van der Waals surface area contributed by atoms with Gasteiger partial charge in [-0.2, -0.15) is 0 Å². The number of aryl methyl sites for hydroxylation is 2. The van der Waals surface area contributed by atoms with E-state index >= 15 is 0 Å². The minimum atomic E-state index is -0.404. The van der Waals surface area contributed by atoms with Gasteiger partial charge in [0.2, 0.25) is 22.4 Å². The Kier molecular flexibility index (Phi) is 6.80. The molecule has 0 spiro atoms. The van der Waals surface area contributed by atoms with Gasteiger partial charge in [0.05, 0.1) is 12.5 Å². The van der Waals surface area contributed by atoms with Gasteiger partial charge in [-0.1, -0.05) is 0 Å². The van der Waals surface area contributed by atoms with Crippen molar-refractivity contribution in [2.45, 2.75) is 13.8 Å². The van der Waals surface area contributed by atoms with Crippen LogP contribution < -0.4 is 10.9 Å². The van der Waals surface area contributed by atoms with Crippen LogP contribution in [0.4, 0.5) is 0 Å². The van der Waals surface area contributed by atoms with E-state index < -0.39 is 10.9 Å². The molecule has 2 heterocycles. The van der Waals surface area contributed by atoms with Crippen molar-refractivity contribution in [3.8, 4) is 11.5 Å². The Morgan fingerprint density at radius 2 is 1.16 bits per heavy atom. The molecule has 6 nitrogen and oxygen atoms in total. The fourth-order valence-corrected chi connectivity index (χ4v) is 1.01. The Hall–Kier alpha value is -1.86. The Balaban J connectivity index is 0.000000324. The monoisotopic (exact) mass is 324 g/mol. The first-order valence-electron chi connectivity index (χ1n) is 4.98. The molecule has 102 valence electrons. The van der Waals surface area contributed by atoms with Crippen LogP contribution in [-0.4, -0.2) is 30.0 Å². The second-order valence-electron chi connectivity index (χ2n) is 3.38. The molecule has 0 saturated carbocycles. The zero-order chi connectivity index (χ0) is 13.7. The van der Waals surface area contributed by atoms with Crippen LogP contribution in [0.2, 0.25) is 0 Å². The zero-order valence-corrected chi connectivity index (χ0v) is 9.84. The number of rotatable bonds is 0. The fraction of sp³-hybridized carbons (Fsp3) is 0.167. The van der Waals surface area contributed by atoms with Gasteiger partial charge >= 0.3 is 19.8 Å². The van der Waals surface area contributed by atoms with E-state index in [0.29, 0.717) is 0 Å². The maximum absolute atomic E-state index is 10.5. The Bertz CT molecular complexity index is 586. The van der Waals surface area contributed by atoms with Crippen LogP contribution in [0.5, 0.6) is 11.5 Å². The van der Waals surface area contributed by atoms with Crippen LogP contribution in [0.25, 0.3) is 0 Å². The van der Waals surface area contributed by atoms with Crippen molar-refractivity contribution < 1.29 is 19.0 Å². The molecule has 19 heavy (non-hydrogen) atoms. The van der Waals surface area contributed by atoms with Crippen LogP contribution >= 0.6 is 0 Å². The van der Waals surface area contributed by atoms with E-state index in [0.717, 1.165) is 0 Å². The molecule has 0 unspecified atom stereocenters. The molecule has 0 bridgehead atoms. The summed E-state index contributed by atoms with van der Waals surface area (Å²) >= 11 is 0. The van der Waals surface area contributed by atoms with E-state index in [9.17, 15) is 9.59 Å². The molecule has 0 aliphatic carbocycles. The summed E-state index contributed by atoms with van der Waals surface area (Å²) in [5.74, 6) is -0.111. The molecule has 0 atom stereocenters. The summed E-state index contributed by atoms with van der Waals surface area (Å²) in [6.45, 7) is 3.05. The second-order valence-corrected chi connectivity index (χ2v) is 3.38. The van der Waals surface area contributed by atoms with E-state index in [-0.39, 0.29) is 42.8 Å². The van der Waals surface area contributed by atoms with Gasteiger partial charge in [-0.3, -0.25) is 9.59 Å². The predicted molar refractivity (Wildman–Crippen MR) is 72.7 cm³/mol. The molecule has 2 aromatic heterocycles. The second kappa shape index (κ2) is 7.54. The minimum absolute atomic E-state index is 0. The molecule has 2 aromatic rings. The van der Waals surface area contributed by atoms with Gasteiger partial charge in [-0.05, 0) is 13.8 Å². The summed E-state index contributed by atoms with van der Waals surface area (Å²) in [5.41, 5.74) is -0.808. The summed E-state index contributed by atoms with van der Waals surface area (Å²) in [6, 6.07) is 2.34. The molecule has 0 fully saturated rings. The quantitative estimate of drug-likeness (QED) is 0.668. The first-order valence-corrected chi connectivity index (χ1v) is 4.98. The van der Waals surface area contributed by atoms with Crippen LogP contribution in [-0.2, 0) is 0 Å². The van der Waals surface area contributed by atoms with E-state index in [1.165, 1.54) is 38.5 Å². The third-order valence-electron chi connectivity index (χ3n) is 2.06. The molecule has 7 heteroatoms. The molecule has 2 N–H and O–H groups in total. The maximum atomic E-state index is 10.5. The van der Waals surface area contributed by atoms with Crippen LogP contribution in [0.1, 0.15) is 11.5 Å². The predicted octanol–water partition coefficient (Wildman–Crippen LogP) is 0.124. The van der Waals surface area contributed by atoms with Gasteiger partial charge in [-0.15, -0.1) is 0 Å². The molecule has 0 amide bonds. The standard InChI is InChI=1S/2C6H6O3.Ga.3H/c2*1-4-6(8)5(7)2-3-9-4;;;;/h2*2-3,8H,1H3;;;;. The normalized spacial score (nSPS) is 8.95. The molecule has 0 aliphatic rings. The Morgan fingerprint density at radius 3 is 1.37 bits per heavy atom. The molecule has 0 radical (unpaired) electrons. The van der Waals surface area contributed by atoms with Crippen molar-refractivity contribution in [1.82, 2.24) is 0 Å². The average Bonchev–Trinajstić information content (AvgIpc) is 2.34. The SMILES string of the molecule is Cc1occc(=O)c1O.Cc1occc(=O)c1O.[GaH3]. The molecule has 0 saturated heterocycles. The molecular formula is C12H15GaO6. The van der Waals surface area contributed by atoms with Crippen LogP contribution in [0.15, 0.2) is 43.1 Å². The topological polar surface area (TPSA) is 101 Å². The van der Waals surface area contributed by atoms with Gasteiger partial charge in [-0.25, -0.2) is 0 Å². The average molecular weight is 325 g/mol. The molecule has 0 aromatic carbocycles. The first kappa shape index (κ1) is 17.1. The van der Waals surface area contributed by atoms with Gasteiger partial charge in [0, 0.05) is 12.1 Å². The summed E-state index contributed by atoms with van der Waals surface area (Å²) in [6.07, 6.45) is 2.49. The summed E-state index contributed by atoms with van der Waals surface area (Å²) in [5, 5.41) is 17.6. The van der Waals surface area contributed by atoms with Crippen molar-refractivity contribution >= 4 is 19.8 Å². The number of aromatic hydroxyl groups is 2. The summed E-state index contributed by atoms with van der Waals surface area (Å²) < 4.78 is 9.38. The number of hydrogen-bond acceptors (Lipinski definition) is 6. The fourth-order valence-electron chi connectivity index (χ4n) is 1.01. The third kappa shape index (κ3) is 4.72. The van der Waals surface area contributed by atoms with E-state index in [1.807, 2.05) is 0 Å². The van der Waals surface area contributed by atoms with Crippen molar-refractivity contribution in [2.75, 3.05) is 0 Å². The Labute approximate surface area is 121 Å². The van der Waals surface area contributed by atoms with Crippen molar-refractivity contribution in [3.63, 3.8) is 0 Å². The molecule has 0 aliphatic heterocycles. The first-order chi connectivity index (χ1) is 8.43. The van der Waals surface area contributed by atoms with E-state index in [2.05, 4.69) is 8.83 Å². The third-order valence-corrected chi connectivity index (χ3v) is 2.06. The zero-order valence-electron chi connectivity index (χ0n) is 9.84. The summed E-state index contributed by atoms with van der Waals surface area (Å²) in [4.78, 5) is 21.1.